The molecule has 1 aliphatic heterocycles. The number of rotatable bonds is 16. The summed E-state index contributed by atoms with van der Waals surface area (Å²) in [5.74, 6) is -0.870. The third-order valence-electron chi connectivity index (χ3n) is 4.94. The Morgan fingerprint density at radius 3 is 2.09 bits per heavy atom. The van der Waals surface area contributed by atoms with Crippen molar-refractivity contribution in [2.45, 2.75) is 84.0 Å². The van der Waals surface area contributed by atoms with E-state index in [0.29, 0.717) is 25.9 Å². The van der Waals surface area contributed by atoms with Crippen molar-refractivity contribution in [3.63, 3.8) is 0 Å². The number of cyclic esters (lactones) is 2. The molecule has 0 spiro atoms. The van der Waals surface area contributed by atoms with Crippen LogP contribution in [0.3, 0.4) is 0 Å². The van der Waals surface area contributed by atoms with Gasteiger partial charge in [0.15, 0.2) is 14.4 Å². The largest absolute Gasteiger partial charge is 0.508 e. The average molecular weight is 525 g/mol. The van der Waals surface area contributed by atoms with Crippen LogP contribution >= 0.6 is 0 Å². The lowest BCUT2D eigenvalue weighted by Gasteiger charge is -2.36. The van der Waals surface area contributed by atoms with E-state index in [4.69, 9.17) is 31.6 Å². The summed E-state index contributed by atoms with van der Waals surface area (Å²) in [5, 5.41) is 0. The molecule has 0 N–H and O–H groups in total. The molecule has 2 unspecified atom stereocenters. The first-order valence-electron chi connectivity index (χ1n) is 11.4. The van der Waals surface area contributed by atoms with Crippen LogP contribution in [0.4, 0.5) is 4.79 Å². The van der Waals surface area contributed by atoms with E-state index in [9.17, 15) is 14.4 Å². The topological polar surface area (TPSA) is 116 Å². The first-order valence-corrected chi connectivity index (χ1v) is 19.6. The van der Waals surface area contributed by atoms with Gasteiger partial charge in [0.2, 0.25) is 0 Å². The zero-order valence-corrected chi connectivity index (χ0v) is 24.0. The smallest absolute Gasteiger partial charge is 0.485 e. The number of hydrogen-bond donors (Lipinski definition) is 0. The molecule has 1 aliphatic rings. The van der Waals surface area contributed by atoms with Crippen molar-refractivity contribution >= 4 is 43.5 Å². The Labute approximate surface area is 200 Å². The molecule has 1 rings (SSSR count). The molecule has 0 saturated carbocycles. The van der Waals surface area contributed by atoms with Crippen LogP contribution in [0.15, 0.2) is 0 Å². The Morgan fingerprint density at radius 1 is 0.970 bits per heavy atom. The number of hydrogen-bond acceptors (Lipinski definition) is 10. The van der Waals surface area contributed by atoms with Crippen molar-refractivity contribution in [2.24, 2.45) is 0 Å². The van der Waals surface area contributed by atoms with Crippen molar-refractivity contribution in [1.29, 1.82) is 0 Å². The molecule has 13 heteroatoms. The van der Waals surface area contributed by atoms with Crippen molar-refractivity contribution in [1.82, 2.24) is 0 Å². The van der Waals surface area contributed by atoms with Crippen LogP contribution in [0.5, 0.6) is 0 Å². The van der Waals surface area contributed by atoms with Crippen LogP contribution in [0.2, 0.25) is 44.3 Å². The normalized spacial score (nSPS) is 18.3. The van der Waals surface area contributed by atoms with Gasteiger partial charge in [-0.1, -0.05) is 0 Å². The van der Waals surface area contributed by atoms with Crippen molar-refractivity contribution in [3.05, 3.63) is 0 Å². The van der Waals surface area contributed by atoms with Crippen LogP contribution in [-0.2, 0) is 41.2 Å². The highest BCUT2D eigenvalue weighted by Gasteiger charge is 2.41. The summed E-state index contributed by atoms with van der Waals surface area (Å²) < 4.78 is 38.8. The molecule has 1 fully saturated rings. The Bertz CT molecular complexity index is 644. The molecule has 0 aromatic rings. The third-order valence-corrected chi connectivity index (χ3v) is 15.3. The molecular formula is C20H40O10Si3. The highest BCUT2D eigenvalue weighted by Crippen LogP contribution is 2.28. The predicted octanol–water partition coefficient (Wildman–Crippen LogP) is 3.85. The molecule has 0 amide bonds. The number of carbonyl (C=O) groups excluding carboxylic acids is 3. The molecule has 1 saturated heterocycles. The maximum atomic E-state index is 11.5. The van der Waals surface area contributed by atoms with E-state index in [0.717, 1.165) is 24.9 Å². The van der Waals surface area contributed by atoms with Gasteiger partial charge in [0, 0.05) is 39.7 Å². The molecule has 192 valence electrons. The van der Waals surface area contributed by atoms with Crippen molar-refractivity contribution in [2.75, 3.05) is 26.4 Å². The summed E-state index contributed by atoms with van der Waals surface area (Å²) in [6, 6.07) is 2.14. The Hall–Kier alpha value is -1.26. The van der Waals surface area contributed by atoms with Crippen LogP contribution in [0.25, 0.3) is 0 Å². The Balaban J connectivity index is 2.51. The molecule has 10 nitrogen and oxygen atoms in total. The van der Waals surface area contributed by atoms with Crippen LogP contribution in [-0.4, -0.2) is 76.1 Å². The SMILES string of the molecule is CCO[Si](C)(CCCOCC1COC(=O)O1)O[Si](C)(C)CCC[Si](C)(OC(C)=O)OC(C)=O. The standard InChI is InChI=1S/C20H40O10Si3/c1-8-26-32(6,13-9-11-24-15-19-16-25-20(23)27-19)30-31(4,5)12-10-14-33(7,28-17(2)21)29-18(3)22/h19H,8-16H2,1-7H3. The highest BCUT2D eigenvalue weighted by atomic mass is 28.4. The highest BCUT2D eigenvalue weighted by molar-refractivity contribution is 6.82. The van der Waals surface area contributed by atoms with Gasteiger partial charge in [0.25, 0.3) is 11.9 Å². The lowest BCUT2D eigenvalue weighted by atomic mass is 10.4. The quantitative estimate of drug-likeness (QED) is 0.167. The zero-order valence-electron chi connectivity index (χ0n) is 21.0. The second-order valence-corrected chi connectivity index (χ2v) is 20.2. The lowest BCUT2D eigenvalue weighted by molar-refractivity contribution is -0.138. The minimum Gasteiger partial charge on any atom is -0.485 e. The van der Waals surface area contributed by atoms with E-state index in [1.807, 2.05) is 6.92 Å². The van der Waals surface area contributed by atoms with Gasteiger partial charge in [0.05, 0.1) is 6.61 Å². The van der Waals surface area contributed by atoms with E-state index in [1.54, 1.807) is 6.55 Å². The second kappa shape index (κ2) is 13.6. The first kappa shape index (κ1) is 29.8. The monoisotopic (exact) mass is 524 g/mol. The molecule has 0 radical (unpaired) electrons. The second-order valence-electron chi connectivity index (χ2n) is 9.08. The maximum absolute atomic E-state index is 11.5. The number of ether oxygens (including phenoxy) is 3. The zero-order chi connectivity index (χ0) is 25.1. The third kappa shape index (κ3) is 12.7. The predicted molar refractivity (Wildman–Crippen MR) is 128 cm³/mol. The van der Waals surface area contributed by atoms with Gasteiger partial charge >= 0.3 is 23.3 Å². The summed E-state index contributed by atoms with van der Waals surface area (Å²) in [6.07, 6.45) is 0.524. The summed E-state index contributed by atoms with van der Waals surface area (Å²) in [5.41, 5.74) is 0. The molecule has 2 atom stereocenters. The van der Waals surface area contributed by atoms with Gasteiger partial charge in [0.1, 0.15) is 6.61 Å². The average Bonchev–Trinajstić information content (AvgIpc) is 3.04. The molecule has 0 aliphatic carbocycles. The summed E-state index contributed by atoms with van der Waals surface area (Å²) in [6.45, 7) is 14.4. The molecule has 0 bridgehead atoms. The Morgan fingerprint density at radius 2 is 1.58 bits per heavy atom. The fourth-order valence-corrected chi connectivity index (χ4v) is 14.7. The van der Waals surface area contributed by atoms with Gasteiger partial charge in [-0.15, -0.1) is 0 Å². The van der Waals surface area contributed by atoms with Crippen molar-refractivity contribution < 1.29 is 46.0 Å². The fraction of sp³-hybridized carbons (Fsp3) is 0.850. The van der Waals surface area contributed by atoms with Gasteiger partial charge in [-0.3, -0.25) is 9.59 Å². The van der Waals surface area contributed by atoms with Gasteiger partial charge in [-0.05, 0) is 51.5 Å². The molecule has 0 aromatic heterocycles. The maximum Gasteiger partial charge on any atom is 0.508 e. The first-order chi connectivity index (χ1) is 15.3. The number of carbonyl (C=O) groups is 3. The fourth-order valence-electron chi connectivity index (χ4n) is 3.82. The van der Waals surface area contributed by atoms with Crippen molar-refractivity contribution in [3.8, 4) is 0 Å². The van der Waals surface area contributed by atoms with Gasteiger partial charge < -0.3 is 31.6 Å². The van der Waals surface area contributed by atoms with Crippen LogP contribution in [0, 0.1) is 0 Å². The van der Waals surface area contributed by atoms with E-state index in [-0.39, 0.29) is 12.7 Å². The minimum absolute atomic E-state index is 0.226. The molecule has 33 heavy (non-hydrogen) atoms. The van der Waals surface area contributed by atoms with E-state index in [2.05, 4.69) is 19.6 Å². The molecule has 1 heterocycles. The minimum atomic E-state index is -2.90. The van der Waals surface area contributed by atoms with Gasteiger partial charge in [-0.25, -0.2) is 4.79 Å². The molecule has 0 aromatic carbocycles. The van der Waals surface area contributed by atoms with Gasteiger partial charge in [-0.2, -0.15) is 0 Å². The van der Waals surface area contributed by atoms with E-state index >= 15 is 0 Å². The van der Waals surface area contributed by atoms with Crippen LogP contribution < -0.4 is 0 Å². The van der Waals surface area contributed by atoms with Crippen LogP contribution in [0.1, 0.15) is 33.6 Å². The van der Waals surface area contributed by atoms with E-state index in [1.165, 1.54) is 13.8 Å². The summed E-state index contributed by atoms with van der Waals surface area (Å²) in [4.78, 5) is 33.8. The summed E-state index contributed by atoms with van der Waals surface area (Å²) >= 11 is 0. The van der Waals surface area contributed by atoms with E-state index < -0.39 is 43.5 Å². The summed E-state index contributed by atoms with van der Waals surface area (Å²) in [7, 11) is -7.41. The Kier molecular flexibility index (Phi) is 12.3. The molecular weight excluding hydrogens is 484 g/mol. The lowest BCUT2D eigenvalue weighted by Crippen LogP contribution is -2.49.